The van der Waals surface area contributed by atoms with E-state index in [4.69, 9.17) is 9.72 Å². The number of aromatic nitrogens is 4. The lowest BCUT2D eigenvalue weighted by Crippen LogP contribution is -2.15. The van der Waals surface area contributed by atoms with Crippen molar-refractivity contribution in [2.75, 3.05) is 6.61 Å². The molecule has 0 unspecified atom stereocenters. The molecule has 0 radical (unpaired) electrons. The van der Waals surface area contributed by atoms with Gasteiger partial charge in [-0.2, -0.15) is 5.10 Å². The third-order valence-corrected chi connectivity index (χ3v) is 5.41. The largest absolute Gasteiger partial charge is 0.376 e. The molecule has 2 aromatic heterocycles. The Bertz CT molecular complexity index is 1060. The molecule has 1 atom stereocenters. The van der Waals surface area contributed by atoms with E-state index in [2.05, 4.69) is 58.2 Å². The molecule has 1 aliphatic heterocycles. The van der Waals surface area contributed by atoms with Crippen LogP contribution in [0.2, 0.25) is 0 Å². The number of hydrogen-bond acceptors (Lipinski definition) is 3. The predicted molar refractivity (Wildman–Crippen MR) is 113 cm³/mol. The van der Waals surface area contributed by atoms with Gasteiger partial charge in [0.15, 0.2) is 0 Å². The molecule has 0 N–H and O–H groups in total. The van der Waals surface area contributed by atoms with E-state index >= 15 is 0 Å². The van der Waals surface area contributed by atoms with Gasteiger partial charge in [0.2, 0.25) is 0 Å². The number of imidazole rings is 1. The van der Waals surface area contributed by atoms with E-state index in [0.29, 0.717) is 0 Å². The van der Waals surface area contributed by atoms with Gasteiger partial charge in [-0.05, 0) is 30.5 Å². The second-order valence-electron chi connectivity index (χ2n) is 7.50. The molecule has 1 fully saturated rings. The standard InChI is InChI=1S/C24H24N4O/c1-2-8-20(9-3-1)23-24(27(18-25-23)17-22-11-5-14-29-22)21-10-4-7-19(15-21)16-28-13-6-12-26-28/h1-4,6-10,12-13,15,18,22H,5,11,14,16-17H2/t22-/m0/s1. The minimum atomic E-state index is 0.263. The summed E-state index contributed by atoms with van der Waals surface area (Å²) in [5.41, 5.74) is 5.68. The van der Waals surface area contributed by atoms with Crippen LogP contribution in [0.1, 0.15) is 18.4 Å². The van der Waals surface area contributed by atoms with Crippen LogP contribution in [-0.2, 0) is 17.8 Å². The molecule has 29 heavy (non-hydrogen) atoms. The molecule has 4 aromatic rings. The first-order chi connectivity index (χ1) is 14.4. The Balaban J connectivity index is 1.55. The minimum Gasteiger partial charge on any atom is -0.376 e. The number of rotatable bonds is 6. The molecule has 1 aliphatic rings. The summed E-state index contributed by atoms with van der Waals surface area (Å²) in [6.45, 7) is 2.44. The molecule has 0 bridgehead atoms. The van der Waals surface area contributed by atoms with E-state index in [0.717, 1.165) is 49.5 Å². The molecule has 1 saturated heterocycles. The van der Waals surface area contributed by atoms with E-state index in [1.54, 1.807) is 0 Å². The van der Waals surface area contributed by atoms with Crippen molar-refractivity contribution in [1.29, 1.82) is 0 Å². The number of hydrogen-bond donors (Lipinski definition) is 0. The van der Waals surface area contributed by atoms with Crippen molar-refractivity contribution in [2.24, 2.45) is 0 Å². The second-order valence-corrected chi connectivity index (χ2v) is 7.50. The first-order valence-corrected chi connectivity index (χ1v) is 10.2. The van der Waals surface area contributed by atoms with Gasteiger partial charge in [-0.1, -0.05) is 48.5 Å². The molecule has 0 amide bonds. The zero-order valence-electron chi connectivity index (χ0n) is 16.3. The zero-order valence-corrected chi connectivity index (χ0v) is 16.3. The maximum absolute atomic E-state index is 5.90. The Morgan fingerprint density at radius 3 is 2.69 bits per heavy atom. The maximum atomic E-state index is 5.90. The van der Waals surface area contributed by atoms with Crippen LogP contribution < -0.4 is 0 Å². The van der Waals surface area contributed by atoms with Crippen molar-refractivity contribution in [3.63, 3.8) is 0 Å². The van der Waals surface area contributed by atoms with Crippen LogP contribution in [0.3, 0.4) is 0 Å². The third kappa shape index (κ3) is 3.87. The van der Waals surface area contributed by atoms with E-state index < -0.39 is 0 Å². The van der Waals surface area contributed by atoms with Crippen LogP contribution in [0.4, 0.5) is 0 Å². The highest BCUT2D eigenvalue weighted by Crippen LogP contribution is 2.32. The van der Waals surface area contributed by atoms with Gasteiger partial charge in [0.1, 0.15) is 0 Å². The molecular weight excluding hydrogens is 360 g/mol. The van der Waals surface area contributed by atoms with Gasteiger partial charge in [0.05, 0.1) is 36.9 Å². The molecule has 0 saturated carbocycles. The lowest BCUT2D eigenvalue weighted by Gasteiger charge is -2.15. The van der Waals surface area contributed by atoms with Crippen molar-refractivity contribution < 1.29 is 4.74 Å². The Kier molecular flexibility index (Phi) is 4.97. The summed E-state index contributed by atoms with van der Waals surface area (Å²) in [5, 5.41) is 4.34. The molecule has 5 heteroatoms. The quantitative estimate of drug-likeness (QED) is 0.486. The average molecular weight is 384 g/mol. The SMILES string of the molecule is c1ccc(-c2ncn(C[C@@H]3CCCO3)c2-c2cccc(Cn3cccn3)c2)cc1. The molecule has 0 spiro atoms. The maximum Gasteiger partial charge on any atom is 0.0963 e. The van der Waals surface area contributed by atoms with E-state index in [9.17, 15) is 0 Å². The van der Waals surface area contributed by atoms with Crippen molar-refractivity contribution >= 4 is 0 Å². The van der Waals surface area contributed by atoms with Gasteiger partial charge < -0.3 is 9.30 Å². The van der Waals surface area contributed by atoms with Crippen LogP contribution >= 0.6 is 0 Å². The number of ether oxygens (including phenoxy) is 1. The summed E-state index contributed by atoms with van der Waals surface area (Å²) in [6.07, 6.45) is 8.27. The van der Waals surface area contributed by atoms with E-state index in [1.807, 2.05) is 35.5 Å². The summed E-state index contributed by atoms with van der Waals surface area (Å²) >= 11 is 0. The van der Waals surface area contributed by atoms with Gasteiger partial charge in [0.25, 0.3) is 0 Å². The fourth-order valence-corrected chi connectivity index (χ4v) is 4.04. The van der Waals surface area contributed by atoms with Gasteiger partial charge in [-0.25, -0.2) is 4.98 Å². The highest BCUT2D eigenvalue weighted by Gasteiger charge is 2.21. The summed E-state index contributed by atoms with van der Waals surface area (Å²) < 4.78 is 10.1. The Labute approximate surface area is 170 Å². The summed E-state index contributed by atoms with van der Waals surface area (Å²) in [4.78, 5) is 4.80. The summed E-state index contributed by atoms with van der Waals surface area (Å²) in [7, 11) is 0. The molecular formula is C24H24N4O. The molecule has 3 heterocycles. The third-order valence-electron chi connectivity index (χ3n) is 5.41. The molecule has 0 aliphatic carbocycles. The normalized spacial score (nSPS) is 16.3. The monoisotopic (exact) mass is 384 g/mol. The van der Waals surface area contributed by atoms with Crippen LogP contribution in [0.25, 0.3) is 22.5 Å². The van der Waals surface area contributed by atoms with Crippen molar-refractivity contribution in [3.05, 3.63) is 84.9 Å². The van der Waals surface area contributed by atoms with Crippen molar-refractivity contribution in [3.8, 4) is 22.5 Å². The molecule has 5 nitrogen and oxygen atoms in total. The topological polar surface area (TPSA) is 44.9 Å². The Hall–Kier alpha value is -3.18. The van der Waals surface area contributed by atoms with Crippen LogP contribution in [-0.4, -0.2) is 32.0 Å². The lowest BCUT2D eigenvalue weighted by molar-refractivity contribution is 0.0973. The number of benzene rings is 2. The van der Waals surface area contributed by atoms with Crippen LogP contribution in [0.15, 0.2) is 79.4 Å². The highest BCUT2D eigenvalue weighted by molar-refractivity contribution is 5.78. The molecule has 5 rings (SSSR count). The predicted octanol–water partition coefficient (Wildman–Crippen LogP) is 4.64. The van der Waals surface area contributed by atoms with Crippen molar-refractivity contribution in [2.45, 2.75) is 32.0 Å². The fourth-order valence-electron chi connectivity index (χ4n) is 4.04. The summed E-state index contributed by atoms with van der Waals surface area (Å²) in [6, 6.07) is 21.0. The van der Waals surface area contributed by atoms with Gasteiger partial charge in [-0.15, -0.1) is 0 Å². The van der Waals surface area contributed by atoms with E-state index in [-0.39, 0.29) is 6.10 Å². The minimum absolute atomic E-state index is 0.263. The van der Waals surface area contributed by atoms with Gasteiger partial charge in [-0.3, -0.25) is 4.68 Å². The average Bonchev–Trinajstić information content (AvgIpc) is 3.52. The molecule has 146 valence electrons. The lowest BCUT2D eigenvalue weighted by atomic mass is 10.0. The molecule has 2 aromatic carbocycles. The van der Waals surface area contributed by atoms with Crippen LogP contribution in [0, 0.1) is 0 Å². The first kappa shape index (κ1) is 17.9. The fraction of sp³-hybridized carbons (Fsp3) is 0.250. The highest BCUT2D eigenvalue weighted by atomic mass is 16.5. The van der Waals surface area contributed by atoms with Gasteiger partial charge in [0, 0.05) is 30.1 Å². The van der Waals surface area contributed by atoms with E-state index in [1.165, 1.54) is 11.1 Å². The Morgan fingerprint density at radius 1 is 1.00 bits per heavy atom. The van der Waals surface area contributed by atoms with Crippen LogP contribution in [0.5, 0.6) is 0 Å². The van der Waals surface area contributed by atoms with Crippen molar-refractivity contribution in [1.82, 2.24) is 19.3 Å². The van der Waals surface area contributed by atoms with Gasteiger partial charge >= 0.3 is 0 Å². The second kappa shape index (κ2) is 8.05. The smallest absolute Gasteiger partial charge is 0.0963 e. The Morgan fingerprint density at radius 2 is 1.90 bits per heavy atom. The summed E-state index contributed by atoms with van der Waals surface area (Å²) in [5.74, 6) is 0. The zero-order chi connectivity index (χ0) is 19.5. The number of nitrogens with zero attached hydrogens (tertiary/aromatic N) is 4. The first-order valence-electron chi connectivity index (χ1n) is 10.2.